The van der Waals surface area contributed by atoms with Crippen molar-refractivity contribution in [3.63, 3.8) is 0 Å². The van der Waals surface area contributed by atoms with Gasteiger partial charge in [0.25, 0.3) is 0 Å². The minimum Gasteiger partial charge on any atom is -0.507 e. The number of aromatic nitrogens is 1. The van der Waals surface area contributed by atoms with Crippen LogP contribution >= 0.6 is 0 Å². The van der Waals surface area contributed by atoms with Gasteiger partial charge in [-0.3, -0.25) is 0 Å². The average Bonchev–Trinajstić information content (AvgIpc) is 2.54. The van der Waals surface area contributed by atoms with E-state index in [1.165, 1.54) is 5.39 Å². The number of fused-ring (bicyclic) bond motifs is 3. The Kier molecular flexibility index (Phi) is 1.34. The van der Waals surface area contributed by atoms with Crippen molar-refractivity contribution in [2.75, 3.05) is 0 Å². The lowest BCUT2D eigenvalue weighted by Gasteiger charge is -1.90. The Bertz CT molecular complexity index is 610. The molecule has 0 atom stereocenters. The van der Waals surface area contributed by atoms with Crippen molar-refractivity contribution in [1.29, 1.82) is 0 Å². The Hall–Kier alpha value is -1.96. The van der Waals surface area contributed by atoms with E-state index in [0.717, 1.165) is 16.4 Å². The Labute approximate surface area is 80.8 Å². The first kappa shape index (κ1) is 7.44. The molecule has 1 heterocycles. The number of aromatic hydroxyl groups is 1. The molecule has 67 valence electrons. The summed E-state index contributed by atoms with van der Waals surface area (Å²) in [6.07, 6.45) is 0. The average molecular weight is 182 g/mol. The second-order valence-electron chi connectivity index (χ2n) is 3.32. The largest absolute Gasteiger partial charge is 0.507 e. The van der Waals surface area contributed by atoms with Gasteiger partial charge in [0.05, 0.1) is 5.52 Å². The molecule has 0 aliphatic heterocycles. The number of hydrogen-bond acceptors (Lipinski definition) is 1. The van der Waals surface area contributed by atoms with E-state index in [0.29, 0.717) is 0 Å². The molecule has 2 N–H and O–H groups in total. The smallest absolute Gasteiger partial charge is 0.125 e. The summed E-state index contributed by atoms with van der Waals surface area (Å²) in [7, 11) is 0. The first-order valence-electron chi connectivity index (χ1n) is 4.46. The number of aromatic amines is 1. The van der Waals surface area contributed by atoms with Gasteiger partial charge in [-0.1, -0.05) is 18.2 Å². The summed E-state index contributed by atoms with van der Waals surface area (Å²) in [4.78, 5) is 3.24. The van der Waals surface area contributed by atoms with E-state index in [1.54, 1.807) is 6.07 Å². The minimum atomic E-state index is 0.170. The fourth-order valence-corrected chi connectivity index (χ4v) is 1.78. The summed E-state index contributed by atoms with van der Waals surface area (Å²) in [5.41, 5.74) is 2.03. The van der Waals surface area contributed by atoms with Gasteiger partial charge in [0.15, 0.2) is 0 Å². The molecule has 0 unspecified atom stereocenters. The molecule has 0 saturated heterocycles. The van der Waals surface area contributed by atoms with Crippen LogP contribution in [-0.2, 0) is 0 Å². The van der Waals surface area contributed by atoms with Crippen molar-refractivity contribution in [3.8, 4) is 5.75 Å². The van der Waals surface area contributed by atoms with Crippen molar-refractivity contribution >= 4 is 21.8 Å². The summed E-state index contributed by atoms with van der Waals surface area (Å²) in [6.45, 7) is 0. The molecule has 0 aliphatic carbocycles. The van der Waals surface area contributed by atoms with Crippen LogP contribution < -0.4 is 0 Å². The normalized spacial score (nSPS) is 11.1. The first-order chi connectivity index (χ1) is 6.84. The molecule has 0 aliphatic rings. The summed E-state index contributed by atoms with van der Waals surface area (Å²) in [5, 5.41) is 11.5. The summed E-state index contributed by atoms with van der Waals surface area (Å²) < 4.78 is 0. The second-order valence-corrected chi connectivity index (χ2v) is 3.32. The number of H-pyrrole nitrogens is 1. The predicted octanol–water partition coefficient (Wildman–Crippen LogP) is 2.83. The summed E-state index contributed by atoms with van der Waals surface area (Å²) in [6, 6.07) is 14.4. The van der Waals surface area contributed by atoms with Crippen LogP contribution in [-0.4, -0.2) is 10.1 Å². The molecule has 3 rings (SSSR count). The second kappa shape index (κ2) is 2.51. The van der Waals surface area contributed by atoms with Gasteiger partial charge in [-0.05, 0) is 12.1 Å². The van der Waals surface area contributed by atoms with Crippen molar-refractivity contribution in [1.82, 2.24) is 4.98 Å². The molecule has 2 aromatic carbocycles. The number of rotatable bonds is 0. The fraction of sp³-hybridized carbons (Fsp3) is 0. The maximum Gasteiger partial charge on any atom is 0.125 e. The third kappa shape index (κ3) is 0.909. The lowest BCUT2D eigenvalue weighted by atomic mass is 10.1. The van der Waals surface area contributed by atoms with Crippen molar-refractivity contribution in [2.45, 2.75) is 0 Å². The van der Waals surface area contributed by atoms with E-state index in [9.17, 15) is 5.11 Å². The van der Waals surface area contributed by atoms with Gasteiger partial charge in [-0.15, -0.1) is 0 Å². The van der Waals surface area contributed by atoms with E-state index < -0.39 is 0 Å². The van der Waals surface area contributed by atoms with Gasteiger partial charge in [0.1, 0.15) is 5.75 Å². The topological polar surface area (TPSA) is 36.0 Å². The number of nitrogens with one attached hydrogen (secondary N) is 1. The molecule has 1 radical (unpaired) electrons. The fourth-order valence-electron chi connectivity index (χ4n) is 1.78. The predicted molar refractivity (Wildman–Crippen MR) is 56.3 cm³/mol. The van der Waals surface area contributed by atoms with E-state index in [-0.39, 0.29) is 5.75 Å². The Morgan fingerprint density at radius 1 is 1.07 bits per heavy atom. The van der Waals surface area contributed by atoms with Gasteiger partial charge in [-0.2, -0.15) is 0 Å². The van der Waals surface area contributed by atoms with Crippen LogP contribution in [0.4, 0.5) is 0 Å². The number of hydrogen-bond donors (Lipinski definition) is 2. The minimum absolute atomic E-state index is 0.170. The number of phenols is 1. The summed E-state index contributed by atoms with van der Waals surface area (Å²) in [5.74, 6) is 0.170. The highest BCUT2D eigenvalue weighted by Crippen LogP contribution is 2.26. The highest BCUT2D eigenvalue weighted by Gasteiger charge is 2.03. The molecule has 2 nitrogen and oxygen atoms in total. The molecule has 1 aromatic heterocycles. The quantitative estimate of drug-likeness (QED) is 0.551. The highest BCUT2D eigenvalue weighted by atomic mass is 16.3. The van der Waals surface area contributed by atoms with Crippen molar-refractivity contribution in [3.05, 3.63) is 42.5 Å². The molecular formula is C12H8NO. The molecule has 0 spiro atoms. The molecule has 3 aromatic rings. The first-order valence-corrected chi connectivity index (χ1v) is 4.46. The lowest BCUT2D eigenvalue weighted by molar-refractivity contribution is 0.475. The third-order valence-corrected chi connectivity index (χ3v) is 2.42. The molecule has 0 saturated carbocycles. The maximum absolute atomic E-state index is 9.28. The zero-order valence-electron chi connectivity index (χ0n) is 7.41. The van der Waals surface area contributed by atoms with Crippen LogP contribution in [0.2, 0.25) is 0 Å². The standard InChI is InChI=1S/C12H8NO/c14-8-5-6-10-9-3-1-2-4-11(9)13-12(10)7-8/h1-4,6-7,13-14H. The Morgan fingerprint density at radius 3 is 2.86 bits per heavy atom. The monoisotopic (exact) mass is 182 g/mol. The Morgan fingerprint density at radius 2 is 1.93 bits per heavy atom. The van der Waals surface area contributed by atoms with E-state index in [2.05, 4.69) is 17.1 Å². The molecule has 14 heavy (non-hydrogen) atoms. The van der Waals surface area contributed by atoms with Crippen LogP contribution in [0, 0.1) is 6.07 Å². The molecule has 0 fully saturated rings. The van der Waals surface area contributed by atoms with Gasteiger partial charge < -0.3 is 10.1 Å². The van der Waals surface area contributed by atoms with Gasteiger partial charge >= 0.3 is 0 Å². The van der Waals surface area contributed by atoms with Crippen LogP contribution in [0.25, 0.3) is 21.8 Å². The van der Waals surface area contributed by atoms with Crippen molar-refractivity contribution in [2.24, 2.45) is 0 Å². The van der Waals surface area contributed by atoms with Gasteiger partial charge in [0.2, 0.25) is 0 Å². The zero-order valence-corrected chi connectivity index (χ0v) is 7.41. The van der Waals surface area contributed by atoms with Gasteiger partial charge in [-0.25, -0.2) is 0 Å². The molecule has 2 heteroatoms. The van der Waals surface area contributed by atoms with Crippen LogP contribution in [0.5, 0.6) is 5.75 Å². The van der Waals surface area contributed by atoms with Crippen LogP contribution in [0.15, 0.2) is 36.4 Å². The van der Waals surface area contributed by atoms with E-state index in [4.69, 9.17) is 0 Å². The van der Waals surface area contributed by atoms with Crippen molar-refractivity contribution < 1.29 is 5.11 Å². The van der Waals surface area contributed by atoms with E-state index >= 15 is 0 Å². The number of para-hydroxylation sites is 1. The highest BCUT2D eigenvalue weighted by molar-refractivity contribution is 6.07. The zero-order chi connectivity index (χ0) is 9.54. The SMILES string of the molecule is Oc1[c]cc2c(c1)[nH]c1ccccc12. The molecule has 0 bridgehead atoms. The van der Waals surface area contributed by atoms with Crippen LogP contribution in [0.1, 0.15) is 0 Å². The maximum atomic E-state index is 9.28. The third-order valence-electron chi connectivity index (χ3n) is 2.42. The summed E-state index contributed by atoms with van der Waals surface area (Å²) >= 11 is 0. The molecule has 0 amide bonds. The number of phenolic OH excluding ortho intramolecular Hbond substituents is 1. The lowest BCUT2D eigenvalue weighted by Crippen LogP contribution is -1.67. The van der Waals surface area contributed by atoms with Crippen LogP contribution in [0.3, 0.4) is 0 Å². The molecular weight excluding hydrogens is 174 g/mol. The van der Waals surface area contributed by atoms with E-state index in [1.807, 2.05) is 24.3 Å². The Balaban J connectivity index is 2.57. The van der Waals surface area contributed by atoms with Gasteiger partial charge in [0, 0.05) is 28.4 Å². The number of benzene rings is 2.